The van der Waals surface area contributed by atoms with Crippen LogP contribution >= 0.6 is 11.3 Å². The number of hydrogen-bond acceptors (Lipinski definition) is 4. The van der Waals surface area contributed by atoms with Gasteiger partial charge in [0.1, 0.15) is 0 Å². The van der Waals surface area contributed by atoms with Gasteiger partial charge in [0.05, 0.1) is 6.42 Å². The highest BCUT2D eigenvalue weighted by atomic mass is 32.1. The lowest BCUT2D eigenvalue weighted by Crippen LogP contribution is -2.43. The summed E-state index contributed by atoms with van der Waals surface area (Å²) in [7, 11) is 0. The van der Waals surface area contributed by atoms with E-state index in [0.717, 1.165) is 22.8 Å². The minimum atomic E-state index is 0.193. The Hall–Kier alpha value is -2.01. The van der Waals surface area contributed by atoms with Crippen molar-refractivity contribution in [1.82, 2.24) is 4.90 Å². The molecule has 22 heavy (non-hydrogen) atoms. The Balaban J connectivity index is 1.57. The fourth-order valence-electron chi connectivity index (χ4n) is 3.13. The van der Waals surface area contributed by atoms with Crippen molar-refractivity contribution in [3.8, 4) is 11.5 Å². The summed E-state index contributed by atoms with van der Waals surface area (Å²) >= 11 is 1.63. The predicted molar refractivity (Wildman–Crippen MR) is 84.3 cm³/mol. The minimum absolute atomic E-state index is 0.193. The molecule has 1 unspecified atom stereocenters. The van der Waals surface area contributed by atoms with Gasteiger partial charge < -0.3 is 14.4 Å². The summed E-state index contributed by atoms with van der Waals surface area (Å²) in [6.45, 7) is 3.05. The molecule has 2 aliphatic rings. The maximum absolute atomic E-state index is 12.6. The zero-order valence-corrected chi connectivity index (χ0v) is 13.2. The number of ether oxygens (including phenoxy) is 2. The summed E-state index contributed by atoms with van der Waals surface area (Å²) in [6.07, 6.45) is 1.35. The SMILES string of the molecule is CC1Cc2cc3c(cc2CN1C(=O)Cc1cccs1)OCO3. The molecule has 1 aromatic carbocycles. The third kappa shape index (κ3) is 2.35. The number of thiophene rings is 1. The Bertz CT molecular complexity index is 711. The van der Waals surface area contributed by atoms with E-state index in [1.54, 1.807) is 11.3 Å². The third-order valence-corrected chi connectivity index (χ3v) is 5.19. The van der Waals surface area contributed by atoms with Crippen LogP contribution in [0.25, 0.3) is 0 Å². The summed E-state index contributed by atoms with van der Waals surface area (Å²) in [4.78, 5) is 15.7. The van der Waals surface area contributed by atoms with E-state index in [9.17, 15) is 4.79 Å². The summed E-state index contributed by atoms with van der Waals surface area (Å²) in [5, 5.41) is 2.01. The van der Waals surface area contributed by atoms with Gasteiger partial charge >= 0.3 is 0 Å². The van der Waals surface area contributed by atoms with Gasteiger partial charge in [0.25, 0.3) is 0 Å². The summed E-state index contributed by atoms with van der Waals surface area (Å²) in [6, 6.07) is 8.30. The molecule has 1 atom stereocenters. The Morgan fingerprint density at radius 1 is 1.32 bits per heavy atom. The topological polar surface area (TPSA) is 38.8 Å². The Labute approximate surface area is 133 Å². The zero-order chi connectivity index (χ0) is 15.1. The molecule has 3 heterocycles. The summed E-state index contributed by atoms with van der Waals surface area (Å²) < 4.78 is 10.9. The second-order valence-corrected chi connectivity index (χ2v) is 6.84. The molecule has 0 bridgehead atoms. The highest BCUT2D eigenvalue weighted by Gasteiger charge is 2.29. The molecule has 114 valence electrons. The van der Waals surface area contributed by atoms with E-state index < -0.39 is 0 Å². The van der Waals surface area contributed by atoms with Crippen LogP contribution in [0, 0.1) is 0 Å². The van der Waals surface area contributed by atoms with Crippen molar-refractivity contribution >= 4 is 17.2 Å². The van der Waals surface area contributed by atoms with Gasteiger partial charge in [-0.3, -0.25) is 4.79 Å². The van der Waals surface area contributed by atoms with Gasteiger partial charge in [-0.25, -0.2) is 0 Å². The quantitative estimate of drug-likeness (QED) is 0.855. The normalized spacial score (nSPS) is 19.1. The number of carbonyl (C=O) groups is 1. The van der Waals surface area contributed by atoms with Crippen LogP contribution in [0.15, 0.2) is 29.6 Å². The zero-order valence-electron chi connectivity index (χ0n) is 12.4. The van der Waals surface area contributed by atoms with Gasteiger partial charge in [-0.15, -0.1) is 11.3 Å². The molecular formula is C17H17NO3S. The third-order valence-electron chi connectivity index (χ3n) is 4.31. The lowest BCUT2D eigenvalue weighted by Gasteiger charge is -2.35. The van der Waals surface area contributed by atoms with Crippen LogP contribution < -0.4 is 9.47 Å². The van der Waals surface area contributed by atoms with Gasteiger partial charge in [0, 0.05) is 17.5 Å². The summed E-state index contributed by atoms with van der Waals surface area (Å²) in [5.74, 6) is 1.81. The average Bonchev–Trinajstić information content (AvgIpc) is 3.15. The Kier molecular flexibility index (Phi) is 3.30. The van der Waals surface area contributed by atoms with Crippen molar-refractivity contribution in [3.63, 3.8) is 0 Å². The molecule has 1 amide bonds. The largest absolute Gasteiger partial charge is 0.454 e. The van der Waals surface area contributed by atoms with Crippen LogP contribution in [0.5, 0.6) is 11.5 Å². The van der Waals surface area contributed by atoms with Crippen molar-refractivity contribution in [1.29, 1.82) is 0 Å². The first-order chi connectivity index (χ1) is 10.7. The lowest BCUT2D eigenvalue weighted by atomic mass is 9.94. The number of fused-ring (bicyclic) bond motifs is 2. The molecule has 5 heteroatoms. The number of rotatable bonds is 2. The maximum atomic E-state index is 12.6. The van der Waals surface area contributed by atoms with Crippen molar-refractivity contribution in [2.45, 2.75) is 32.4 Å². The van der Waals surface area contributed by atoms with Gasteiger partial charge in [-0.2, -0.15) is 0 Å². The Morgan fingerprint density at radius 2 is 2.09 bits per heavy atom. The second-order valence-electron chi connectivity index (χ2n) is 5.81. The van der Waals surface area contributed by atoms with E-state index in [-0.39, 0.29) is 18.7 Å². The number of benzene rings is 1. The molecule has 0 saturated carbocycles. The minimum Gasteiger partial charge on any atom is -0.454 e. The van der Waals surface area contributed by atoms with Crippen molar-refractivity contribution in [2.24, 2.45) is 0 Å². The van der Waals surface area contributed by atoms with Crippen molar-refractivity contribution < 1.29 is 14.3 Å². The van der Waals surface area contributed by atoms with Crippen LogP contribution in [-0.2, 0) is 24.2 Å². The number of amides is 1. The molecule has 0 saturated heterocycles. The van der Waals surface area contributed by atoms with E-state index in [4.69, 9.17) is 9.47 Å². The molecule has 0 spiro atoms. The first-order valence-corrected chi connectivity index (χ1v) is 8.32. The molecule has 2 aromatic rings. The summed E-state index contributed by atoms with van der Waals surface area (Å²) in [5.41, 5.74) is 2.43. The van der Waals surface area contributed by atoms with Crippen LogP contribution in [-0.4, -0.2) is 23.6 Å². The number of carbonyl (C=O) groups excluding carboxylic acids is 1. The molecule has 4 rings (SSSR count). The molecule has 2 aliphatic heterocycles. The standard InChI is InChI=1S/C17H17NO3S/c1-11-5-12-6-15-16(21-10-20-15)7-13(12)9-18(11)17(19)8-14-3-2-4-22-14/h2-4,6-7,11H,5,8-10H2,1H3. The number of hydrogen-bond donors (Lipinski definition) is 0. The highest BCUT2D eigenvalue weighted by molar-refractivity contribution is 7.10. The smallest absolute Gasteiger partial charge is 0.231 e. The molecule has 0 fully saturated rings. The molecule has 0 N–H and O–H groups in total. The second kappa shape index (κ2) is 5.32. The fourth-order valence-corrected chi connectivity index (χ4v) is 3.82. The molecule has 0 aliphatic carbocycles. The number of nitrogens with zero attached hydrogens (tertiary/aromatic N) is 1. The highest BCUT2D eigenvalue weighted by Crippen LogP contribution is 2.37. The van der Waals surface area contributed by atoms with Gasteiger partial charge in [0.2, 0.25) is 12.7 Å². The molecular weight excluding hydrogens is 298 g/mol. The average molecular weight is 315 g/mol. The maximum Gasteiger partial charge on any atom is 0.231 e. The van der Waals surface area contributed by atoms with E-state index in [1.165, 1.54) is 11.1 Å². The van der Waals surface area contributed by atoms with Gasteiger partial charge in [0.15, 0.2) is 11.5 Å². The fraction of sp³-hybridized carbons (Fsp3) is 0.353. The van der Waals surface area contributed by atoms with Gasteiger partial charge in [-0.1, -0.05) is 6.07 Å². The molecule has 4 nitrogen and oxygen atoms in total. The van der Waals surface area contributed by atoms with Gasteiger partial charge in [-0.05, 0) is 48.1 Å². The lowest BCUT2D eigenvalue weighted by molar-refractivity contribution is -0.133. The van der Waals surface area contributed by atoms with E-state index >= 15 is 0 Å². The first-order valence-electron chi connectivity index (χ1n) is 7.44. The van der Waals surface area contributed by atoms with Crippen molar-refractivity contribution in [2.75, 3.05) is 6.79 Å². The van der Waals surface area contributed by atoms with E-state index in [1.807, 2.05) is 28.5 Å². The van der Waals surface area contributed by atoms with Crippen LogP contribution in [0.4, 0.5) is 0 Å². The molecule has 1 aromatic heterocycles. The first kappa shape index (κ1) is 13.6. The van der Waals surface area contributed by atoms with E-state index in [2.05, 4.69) is 13.0 Å². The Morgan fingerprint density at radius 3 is 2.82 bits per heavy atom. The molecule has 0 radical (unpaired) electrons. The monoisotopic (exact) mass is 315 g/mol. The predicted octanol–water partition coefficient (Wildman–Crippen LogP) is 2.99. The van der Waals surface area contributed by atoms with Crippen LogP contribution in [0.2, 0.25) is 0 Å². The van der Waals surface area contributed by atoms with Crippen LogP contribution in [0.1, 0.15) is 22.9 Å². The van der Waals surface area contributed by atoms with Crippen LogP contribution in [0.3, 0.4) is 0 Å². The van der Waals surface area contributed by atoms with Crippen molar-refractivity contribution in [3.05, 3.63) is 45.6 Å². The van der Waals surface area contributed by atoms with E-state index in [0.29, 0.717) is 13.0 Å².